The maximum absolute atomic E-state index is 13.2. The highest BCUT2D eigenvalue weighted by molar-refractivity contribution is 7.90. The summed E-state index contributed by atoms with van der Waals surface area (Å²) in [7, 11) is -2.02. The number of ether oxygens (including phenoxy) is 1. The van der Waals surface area contributed by atoms with Crippen LogP contribution in [0.4, 0.5) is 5.69 Å². The molecule has 0 aliphatic carbocycles. The first-order valence-corrected chi connectivity index (χ1v) is 10.6. The average molecular weight is 398 g/mol. The first-order chi connectivity index (χ1) is 13.5. The summed E-state index contributed by atoms with van der Waals surface area (Å²) in [6.45, 7) is 1.89. The molecule has 0 amide bonds. The number of methoxy groups -OCH3 is 1. The zero-order valence-electron chi connectivity index (χ0n) is 15.7. The van der Waals surface area contributed by atoms with Crippen molar-refractivity contribution in [3.05, 3.63) is 48.5 Å². The molecule has 0 bridgehead atoms. The minimum Gasteiger partial charge on any atom is -0.496 e. The zero-order chi connectivity index (χ0) is 19.7. The molecule has 0 radical (unpaired) electrons. The molecule has 8 heteroatoms. The predicted molar refractivity (Wildman–Crippen MR) is 107 cm³/mol. The van der Waals surface area contributed by atoms with Crippen molar-refractivity contribution in [2.24, 2.45) is 0 Å². The van der Waals surface area contributed by atoms with Crippen LogP contribution >= 0.6 is 0 Å². The molecule has 2 aromatic rings. The number of nitrogens with zero attached hydrogens (tertiary/aromatic N) is 4. The van der Waals surface area contributed by atoms with Gasteiger partial charge in [0.2, 0.25) is 0 Å². The Balaban J connectivity index is 1.66. The minimum absolute atomic E-state index is 0.151. The van der Waals surface area contributed by atoms with E-state index in [1.54, 1.807) is 18.1 Å². The molecule has 2 heterocycles. The molecule has 7 nitrogen and oxygen atoms in total. The third kappa shape index (κ3) is 3.17. The van der Waals surface area contributed by atoms with Crippen LogP contribution in [-0.4, -0.2) is 57.0 Å². The number of rotatable bonds is 4. The van der Waals surface area contributed by atoms with Gasteiger partial charge in [-0.15, -0.1) is 0 Å². The number of benzene rings is 2. The number of hydrogen-bond acceptors (Lipinski definition) is 5. The second-order valence-corrected chi connectivity index (χ2v) is 8.74. The zero-order valence-corrected chi connectivity index (χ0v) is 16.5. The van der Waals surface area contributed by atoms with Crippen molar-refractivity contribution in [2.75, 3.05) is 37.6 Å². The van der Waals surface area contributed by atoms with E-state index >= 15 is 0 Å². The monoisotopic (exact) mass is 398 g/mol. The number of nitriles is 1. The maximum atomic E-state index is 13.2. The first-order valence-electron chi connectivity index (χ1n) is 9.22. The van der Waals surface area contributed by atoms with Gasteiger partial charge in [-0.05, 0) is 30.2 Å². The van der Waals surface area contributed by atoms with Gasteiger partial charge in [0, 0.05) is 37.8 Å². The Morgan fingerprint density at radius 1 is 1.11 bits per heavy atom. The second-order valence-electron chi connectivity index (χ2n) is 6.93. The van der Waals surface area contributed by atoms with E-state index < -0.39 is 10.2 Å². The fourth-order valence-corrected chi connectivity index (χ4v) is 5.75. The Bertz CT molecular complexity index is 1000. The summed E-state index contributed by atoms with van der Waals surface area (Å²) in [6.07, 6.45) is 2.79. The molecule has 2 aromatic carbocycles. The fourth-order valence-electron chi connectivity index (χ4n) is 3.94. The van der Waals surface area contributed by atoms with Crippen LogP contribution in [0.15, 0.2) is 48.5 Å². The van der Waals surface area contributed by atoms with Gasteiger partial charge < -0.3 is 9.64 Å². The molecule has 0 unspecified atom stereocenters. The van der Waals surface area contributed by atoms with Gasteiger partial charge in [-0.1, -0.05) is 30.3 Å². The standard InChI is InChI=1S/C20H22N4O3S/c1-27-20-8-7-17(13-19(20)16-5-3-2-4-6-16)23-11-12-24(28(23,25)26)18-9-10-22(14-18)15-21/h2-8,13,18H,9-12,14H2,1H3/t18-/m1/s1. The van der Waals surface area contributed by atoms with Crippen LogP contribution in [0.5, 0.6) is 5.75 Å². The molecule has 146 valence electrons. The van der Waals surface area contributed by atoms with Crippen LogP contribution < -0.4 is 9.04 Å². The van der Waals surface area contributed by atoms with E-state index in [0.29, 0.717) is 44.0 Å². The van der Waals surface area contributed by atoms with E-state index in [1.165, 1.54) is 8.61 Å². The molecular weight excluding hydrogens is 376 g/mol. The van der Waals surface area contributed by atoms with Crippen molar-refractivity contribution in [1.29, 1.82) is 5.26 Å². The lowest BCUT2D eigenvalue weighted by atomic mass is 10.0. The van der Waals surface area contributed by atoms with Crippen molar-refractivity contribution in [1.82, 2.24) is 9.21 Å². The summed E-state index contributed by atoms with van der Waals surface area (Å²) >= 11 is 0. The SMILES string of the molecule is COc1ccc(N2CCN([C@@H]3CCN(C#N)C3)S2(=O)=O)cc1-c1ccccc1. The van der Waals surface area contributed by atoms with Crippen molar-refractivity contribution < 1.29 is 13.2 Å². The Morgan fingerprint density at radius 2 is 1.89 bits per heavy atom. The van der Waals surface area contributed by atoms with Crippen molar-refractivity contribution in [3.8, 4) is 23.1 Å². The molecule has 28 heavy (non-hydrogen) atoms. The number of likely N-dealkylation sites (tertiary alicyclic amines) is 1. The normalized spacial score (nSPS) is 21.6. The van der Waals surface area contributed by atoms with E-state index in [4.69, 9.17) is 10.00 Å². The highest BCUT2D eigenvalue weighted by atomic mass is 32.2. The summed E-state index contributed by atoms with van der Waals surface area (Å²) in [5.74, 6) is 0.698. The molecule has 0 saturated carbocycles. The minimum atomic E-state index is -3.62. The average Bonchev–Trinajstić information content (AvgIpc) is 3.31. The third-order valence-electron chi connectivity index (χ3n) is 5.37. The largest absolute Gasteiger partial charge is 0.496 e. The molecular formula is C20H22N4O3S. The molecule has 2 saturated heterocycles. The highest BCUT2D eigenvalue weighted by Gasteiger charge is 2.43. The van der Waals surface area contributed by atoms with Crippen LogP contribution in [0, 0.1) is 11.5 Å². The summed E-state index contributed by atoms with van der Waals surface area (Å²) in [4.78, 5) is 1.61. The Labute approximate surface area is 165 Å². The van der Waals surface area contributed by atoms with E-state index in [-0.39, 0.29) is 6.04 Å². The van der Waals surface area contributed by atoms with Crippen LogP contribution in [0.2, 0.25) is 0 Å². The van der Waals surface area contributed by atoms with Gasteiger partial charge in [0.05, 0.1) is 12.8 Å². The van der Waals surface area contributed by atoms with Crippen molar-refractivity contribution in [3.63, 3.8) is 0 Å². The van der Waals surface area contributed by atoms with Crippen LogP contribution in [-0.2, 0) is 10.2 Å². The Hall–Kier alpha value is -2.76. The molecule has 2 aliphatic heterocycles. The second kappa shape index (κ2) is 7.34. The quantitative estimate of drug-likeness (QED) is 0.739. The Morgan fingerprint density at radius 3 is 2.57 bits per heavy atom. The molecule has 2 fully saturated rings. The van der Waals surface area contributed by atoms with Crippen LogP contribution in [0.25, 0.3) is 11.1 Å². The summed E-state index contributed by atoms with van der Waals surface area (Å²) in [6, 6.07) is 15.1. The van der Waals surface area contributed by atoms with Crippen molar-refractivity contribution >= 4 is 15.9 Å². The van der Waals surface area contributed by atoms with Gasteiger partial charge in [0.1, 0.15) is 5.75 Å². The molecule has 0 N–H and O–H groups in total. The topological polar surface area (TPSA) is 76.9 Å². The van der Waals surface area contributed by atoms with Gasteiger partial charge in [-0.2, -0.15) is 18.0 Å². The van der Waals surface area contributed by atoms with Gasteiger partial charge in [0.15, 0.2) is 6.19 Å². The predicted octanol–water partition coefficient (Wildman–Crippen LogP) is 2.28. The van der Waals surface area contributed by atoms with Gasteiger partial charge in [0.25, 0.3) is 0 Å². The third-order valence-corrected chi connectivity index (χ3v) is 7.39. The van der Waals surface area contributed by atoms with E-state index in [1.807, 2.05) is 42.5 Å². The lowest BCUT2D eigenvalue weighted by molar-refractivity contribution is 0.345. The lowest BCUT2D eigenvalue weighted by Gasteiger charge is -2.24. The number of anilines is 1. The molecule has 0 spiro atoms. The first kappa shape index (κ1) is 18.6. The van der Waals surface area contributed by atoms with Crippen LogP contribution in [0.1, 0.15) is 6.42 Å². The van der Waals surface area contributed by atoms with E-state index in [0.717, 1.165) is 11.1 Å². The summed E-state index contributed by atoms with van der Waals surface area (Å²) in [5.41, 5.74) is 2.44. The van der Waals surface area contributed by atoms with Gasteiger partial charge >= 0.3 is 10.2 Å². The van der Waals surface area contributed by atoms with Gasteiger partial charge in [-0.3, -0.25) is 4.31 Å². The highest BCUT2D eigenvalue weighted by Crippen LogP contribution is 2.36. The maximum Gasteiger partial charge on any atom is 0.304 e. The smallest absolute Gasteiger partial charge is 0.304 e. The van der Waals surface area contributed by atoms with Crippen LogP contribution in [0.3, 0.4) is 0 Å². The lowest BCUT2D eigenvalue weighted by Crippen LogP contribution is -2.41. The molecule has 2 aliphatic rings. The Kier molecular flexibility index (Phi) is 4.87. The van der Waals surface area contributed by atoms with E-state index in [2.05, 4.69) is 6.19 Å². The summed E-state index contributed by atoms with van der Waals surface area (Å²) < 4.78 is 34.9. The molecule has 4 rings (SSSR count). The fraction of sp³-hybridized carbons (Fsp3) is 0.350. The van der Waals surface area contributed by atoms with E-state index in [9.17, 15) is 8.42 Å². The van der Waals surface area contributed by atoms with Gasteiger partial charge in [-0.25, -0.2) is 0 Å². The summed E-state index contributed by atoms with van der Waals surface area (Å²) in [5, 5.41) is 9.06. The van der Waals surface area contributed by atoms with Crippen molar-refractivity contribution in [2.45, 2.75) is 12.5 Å². The number of hydrogen-bond donors (Lipinski definition) is 0. The molecule has 0 aromatic heterocycles. The molecule has 1 atom stereocenters.